The number of rotatable bonds is 3. The molecule has 102 valence electrons. The second-order valence-corrected chi connectivity index (χ2v) is 5.53. The summed E-state index contributed by atoms with van der Waals surface area (Å²) in [4.78, 5) is 4.09. The number of hydrogen-bond acceptors (Lipinski definition) is 4. The average Bonchev–Trinajstić information content (AvgIpc) is 2.77. The maximum absolute atomic E-state index is 13.5. The van der Waals surface area contributed by atoms with Crippen LogP contribution in [0, 0.1) is 5.82 Å². The lowest BCUT2D eigenvalue weighted by Gasteiger charge is -2.10. The molecule has 2 aromatic rings. The molecule has 0 atom stereocenters. The molecular weight excluding hydrogens is 271 g/mol. The molecule has 2 rings (SSSR count). The maximum atomic E-state index is 13.5. The Morgan fingerprint density at radius 3 is 2.68 bits per heavy atom. The highest BCUT2D eigenvalue weighted by atomic mass is 35.5. The number of nitrogens with zero attached hydrogens (tertiary/aromatic N) is 2. The van der Waals surface area contributed by atoms with Crippen molar-refractivity contribution >= 4 is 11.6 Å². The predicted molar refractivity (Wildman–Crippen MR) is 68.7 cm³/mol. The van der Waals surface area contributed by atoms with Gasteiger partial charge in [0.1, 0.15) is 12.4 Å². The Labute approximate surface area is 115 Å². The average molecular weight is 285 g/mol. The van der Waals surface area contributed by atoms with Crippen LogP contribution in [0.3, 0.4) is 0 Å². The third kappa shape index (κ3) is 3.23. The van der Waals surface area contributed by atoms with Gasteiger partial charge in [0, 0.05) is 11.0 Å². The van der Waals surface area contributed by atoms with Gasteiger partial charge >= 0.3 is 6.08 Å². The monoisotopic (exact) mass is 284 g/mol. The number of halogens is 2. The number of hydrogen-bond donors (Lipinski definition) is 0. The molecule has 0 unspecified atom stereocenters. The Hall–Kier alpha value is -1.62. The van der Waals surface area contributed by atoms with Gasteiger partial charge in [-0.05, 0) is 12.1 Å². The predicted octanol–water partition coefficient (Wildman–Crippen LogP) is 3.74. The van der Waals surface area contributed by atoms with Crippen molar-refractivity contribution in [3.8, 4) is 6.08 Å². The standard InChI is InChI=1S/C13H14ClFN2O2/c1-13(2,3)11-16-12(19-17-11)18-7-8-9(14)5-4-6-10(8)15/h4-6H,7H2,1-3H3. The van der Waals surface area contributed by atoms with Gasteiger partial charge in [-0.3, -0.25) is 4.52 Å². The number of benzene rings is 1. The summed E-state index contributed by atoms with van der Waals surface area (Å²) in [5.41, 5.74) is 0.0282. The van der Waals surface area contributed by atoms with E-state index in [1.807, 2.05) is 20.8 Å². The fourth-order valence-corrected chi connectivity index (χ4v) is 1.59. The molecule has 0 saturated heterocycles. The molecule has 0 bridgehead atoms. The summed E-state index contributed by atoms with van der Waals surface area (Å²) in [6, 6.07) is 4.45. The van der Waals surface area contributed by atoms with Gasteiger partial charge < -0.3 is 4.74 Å². The van der Waals surface area contributed by atoms with Crippen molar-refractivity contribution in [1.29, 1.82) is 0 Å². The molecule has 0 fully saturated rings. The van der Waals surface area contributed by atoms with E-state index in [-0.39, 0.29) is 23.7 Å². The smallest absolute Gasteiger partial charge is 0.417 e. The first-order valence-electron chi connectivity index (χ1n) is 5.78. The van der Waals surface area contributed by atoms with Gasteiger partial charge in [0.15, 0.2) is 5.82 Å². The highest BCUT2D eigenvalue weighted by molar-refractivity contribution is 6.31. The van der Waals surface area contributed by atoms with Crippen molar-refractivity contribution in [2.75, 3.05) is 0 Å². The molecular formula is C13H14ClFN2O2. The summed E-state index contributed by atoms with van der Waals surface area (Å²) in [6.45, 7) is 5.80. The zero-order chi connectivity index (χ0) is 14.0. The first-order chi connectivity index (χ1) is 8.88. The van der Waals surface area contributed by atoms with Crippen molar-refractivity contribution in [2.45, 2.75) is 32.8 Å². The summed E-state index contributed by atoms with van der Waals surface area (Å²) in [5, 5.41) is 4.11. The zero-order valence-electron chi connectivity index (χ0n) is 10.9. The summed E-state index contributed by atoms with van der Waals surface area (Å²) in [6.07, 6.45) is 0.00393. The minimum absolute atomic E-state index is 0.00393. The minimum Gasteiger partial charge on any atom is -0.444 e. The van der Waals surface area contributed by atoms with Crippen molar-refractivity contribution in [1.82, 2.24) is 10.1 Å². The van der Waals surface area contributed by atoms with Gasteiger partial charge in [0.05, 0.1) is 5.02 Å². The molecule has 0 aliphatic carbocycles. The lowest BCUT2D eigenvalue weighted by molar-refractivity contribution is 0.192. The third-order valence-corrected chi connectivity index (χ3v) is 2.83. The Balaban J connectivity index is 2.09. The molecule has 1 aromatic heterocycles. The van der Waals surface area contributed by atoms with Crippen LogP contribution in [0.25, 0.3) is 0 Å². The van der Waals surface area contributed by atoms with E-state index >= 15 is 0 Å². The SMILES string of the molecule is CC(C)(C)c1noc(OCc2c(F)cccc2Cl)n1. The molecule has 0 saturated carbocycles. The van der Waals surface area contributed by atoms with Gasteiger partial charge in [-0.1, -0.05) is 43.6 Å². The fraction of sp³-hybridized carbons (Fsp3) is 0.385. The summed E-state index contributed by atoms with van der Waals surface area (Å²) < 4.78 is 23.7. The van der Waals surface area contributed by atoms with Gasteiger partial charge in [-0.25, -0.2) is 4.39 Å². The molecule has 0 amide bonds. The van der Waals surface area contributed by atoms with Crippen LogP contribution in [-0.2, 0) is 12.0 Å². The Morgan fingerprint density at radius 1 is 1.37 bits per heavy atom. The summed E-state index contributed by atoms with van der Waals surface area (Å²) in [5.74, 6) is 0.102. The Morgan fingerprint density at radius 2 is 2.11 bits per heavy atom. The van der Waals surface area contributed by atoms with Crippen molar-refractivity contribution < 1.29 is 13.7 Å². The Kier molecular flexibility index (Phi) is 3.75. The largest absolute Gasteiger partial charge is 0.444 e. The van der Waals surface area contributed by atoms with Crippen LogP contribution >= 0.6 is 11.6 Å². The van der Waals surface area contributed by atoms with Crippen molar-refractivity contribution in [3.63, 3.8) is 0 Å². The van der Waals surface area contributed by atoms with Crippen LogP contribution < -0.4 is 4.74 Å². The molecule has 0 radical (unpaired) electrons. The first kappa shape index (κ1) is 13.8. The van der Waals surface area contributed by atoms with Crippen LogP contribution in [0.2, 0.25) is 5.02 Å². The fourth-order valence-electron chi connectivity index (χ4n) is 1.38. The molecule has 1 heterocycles. The first-order valence-corrected chi connectivity index (χ1v) is 6.15. The van der Waals surface area contributed by atoms with Crippen molar-refractivity contribution in [3.05, 3.63) is 40.4 Å². The summed E-state index contributed by atoms with van der Waals surface area (Å²) >= 11 is 5.89. The van der Waals surface area contributed by atoms with Crippen LogP contribution in [0.5, 0.6) is 6.08 Å². The van der Waals surface area contributed by atoms with E-state index in [2.05, 4.69) is 10.1 Å². The highest BCUT2D eigenvalue weighted by Gasteiger charge is 2.21. The van der Waals surface area contributed by atoms with E-state index in [4.69, 9.17) is 20.9 Å². The van der Waals surface area contributed by atoms with Gasteiger partial charge in [0.25, 0.3) is 0 Å². The summed E-state index contributed by atoms with van der Waals surface area (Å²) in [7, 11) is 0. The van der Waals surface area contributed by atoms with Crippen LogP contribution in [0.4, 0.5) is 4.39 Å². The molecule has 19 heavy (non-hydrogen) atoms. The van der Waals surface area contributed by atoms with Gasteiger partial charge in [0.2, 0.25) is 0 Å². The van der Waals surface area contributed by atoms with Crippen LogP contribution in [-0.4, -0.2) is 10.1 Å². The second kappa shape index (κ2) is 5.17. The van der Waals surface area contributed by atoms with Gasteiger partial charge in [-0.2, -0.15) is 4.98 Å². The topological polar surface area (TPSA) is 48.2 Å². The van der Waals surface area contributed by atoms with E-state index < -0.39 is 5.82 Å². The van der Waals surface area contributed by atoms with E-state index in [9.17, 15) is 4.39 Å². The molecule has 4 nitrogen and oxygen atoms in total. The normalized spacial score (nSPS) is 11.6. The lowest BCUT2D eigenvalue weighted by atomic mass is 9.96. The van der Waals surface area contributed by atoms with E-state index in [1.54, 1.807) is 6.07 Å². The quantitative estimate of drug-likeness (QED) is 0.861. The van der Waals surface area contributed by atoms with E-state index in [1.165, 1.54) is 12.1 Å². The van der Waals surface area contributed by atoms with Crippen LogP contribution in [0.1, 0.15) is 32.2 Å². The Bertz CT molecular complexity index is 558. The third-order valence-electron chi connectivity index (χ3n) is 2.48. The maximum Gasteiger partial charge on any atom is 0.417 e. The molecule has 1 aromatic carbocycles. The molecule has 6 heteroatoms. The minimum atomic E-state index is -0.428. The lowest BCUT2D eigenvalue weighted by Crippen LogP contribution is -2.13. The van der Waals surface area contributed by atoms with Crippen LogP contribution in [0.15, 0.2) is 22.7 Å². The van der Waals surface area contributed by atoms with Gasteiger partial charge in [-0.15, -0.1) is 0 Å². The number of aromatic nitrogens is 2. The highest BCUT2D eigenvalue weighted by Crippen LogP contribution is 2.23. The molecule has 0 aliphatic rings. The number of ether oxygens (including phenoxy) is 1. The molecule has 0 N–H and O–H groups in total. The zero-order valence-corrected chi connectivity index (χ0v) is 11.7. The molecule has 0 aliphatic heterocycles. The van der Waals surface area contributed by atoms with E-state index in [0.29, 0.717) is 10.8 Å². The second-order valence-electron chi connectivity index (χ2n) is 5.12. The van der Waals surface area contributed by atoms with Crippen molar-refractivity contribution in [2.24, 2.45) is 0 Å². The molecule has 0 spiro atoms. The van der Waals surface area contributed by atoms with E-state index in [0.717, 1.165) is 0 Å².